The van der Waals surface area contributed by atoms with Crippen LogP contribution in [-0.2, 0) is 9.53 Å². The van der Waals surface area contributed by atoms with E-state index >= 15 is 0 Å². The molecule has 0 radical (unpaired) electrons. The summed E-state index contributed by atoms with van der Waals surface area (Å²) in [5, 5.41) is 16.0. The Morgan fingerprint density at radius 1 is 1.09 bits per heavy atom. The Bertz CT molecular complexity index is 1500. The minimum Gasteiger partial charge on any atom is -0.493 e. The van der Waals surface area contributed by atoms with Gasteiger partial charge in [0.1, 0.15) is 17.1 Å². The van der Waals surface area contributed by atoms with Crippen LogP contribution in [0.2, 0.25) is 0 Å². The third-order valence-corrected chi connectivity index (χ3v) is 11.0. The topological polar surface area (TPSA) is 113 Å². The largest absolute Gasteiger partial charge is 0.493 e. The molecule has 9 heteroatoms. The number of fused-ring (bicyclic) bond motifs is 1. The molecule has 7 aliphatic rings. The van der Waals surface area contributed by atoms with Crippen molar-refractivity contribution < 1.29 is 23.8 Å². The molecule has 4 atom stereocenters. The van der Waals surface area contributed by atoms with Gasteiger partial charge in [0.25, 0.3) is 5.91 Å². The third-order valence-electron chi connectivity index (χ3n) is 11.0. The lowest BCUT2D eigenvalue weighted by Crippen LogP contribution is -2.64. The Labute approximate surface area is 265 Å². The van der Waals surface area contributed by atoms with Crippen LogP contribution >= 0.6 is 0 Å². The molecule has 9 nitrogen and oxygen atoms in total. The quantitative estimate of drug-likeness (QED) is 0.391. The number of rotatable bonds is 3. The number of hydrogen-bond donors (Lipinski definition) is 3. The number of carbonyl (C=O) groups is 2. The van der Waals surface area contributed by atoms with E-state index in [-0.39, 0.29) is 29.7 Å². The number of carbonyl (C=O) groups excluding carboxylic acids is 2. The molecule has 240 valence electrons. The van der Waals surface area contributed by atoms with Gasteiger partial charge in [-0.1, -0.05) is 25.8 Å². The molecule has 6 aliphatic heterocycles. The van der Waals surface area contributed by atoms with E-state index in [4.69, 9.17) is 19.6 Å². The second-order valence-electron chi connectivity index (χ2n) is 14.6. The van der Waals surface area contributed by atoms with Crippen molar-refractivity contribution in [2.75, 3.05) is 20.3 Å². The number of nitrogens with one attached hydrogen (secondary N) is 3. The molecule has 3 N–H and O–H groups in total. The summed E-state index contributed by atoms with van der Waals surface area (Å²) >= 11 is 0. The number of nitrogens with zero attached hydrogens (tertiary/aromatic N) is 1. The highest BCUT2D eigenvalue weighted by Crippen LogP contribution is 2.48. The molecule has 2 aromatic rings. The Balaban J connectivity index is 1.30. The maximum atomic E-state index is 14.1. The average Bonchev–Trinajstić information content (AvgIpc) is 2.97. The van der Waals surface area contributed by atoms with E-state index in [1.54, 1.807) is 18.1 Å². The normalized spacial score (nSPS) is 32.0. The summed E-state index contributed by atoms with van der Waals surface area (Å²) in [6.45, 7) is 6.94. The zero-order chi connectivity index (χ0) is 31.5. The van der Waals surface area contributed by atoms with Gasteiger partial charge in [0.2, 0.25) is 5.91 Å². The van der Waals surface area contributed by atoms with Gasteiger partial charge in [-0.2, -0.15) is 0 Å². The second-order valence-corrected chi connectivity index (χ2v) is 14.6. The molecule has 2 fully saturated rings. The van der Waals surface area contributed by atoms with Gasteiger partial charge in [0, 0.05) is 41.7 Å². The van der Waals surface area contributed by atoms with E-state index in [0.29, 0.717) is 49.2 Å². The van der Waals surface area contributed by atoms with Crippen LogP contribution < -0.4 is 20.1 Å². The fourth-order valence-corrected chi connectivity index (χ4v) is 8.46. The van der Waals surface area contributed by atoms with Crippen LogP contribution in [0.25, 0.3) is 0 Å². The van der Waals surface area contributed by atoms with E-state index in [0.717, 1.165) is 55.4 Å². The molecule has 1 unspecified atom stereocenters. The summed E-state index contributed by atoms with van der Waals surface area (Å²) in [7, 11) is 1.64. The van der Waals surface area contributed by atoms with Crippen molar-refractivity contribution in [3.8, 4) is 11.5 Å². The Kier molecular flexibility index (Phi) is 7.58. The minimum absolute atomic E-state index is 0.0667. The highest BCUT2D eigenvalue weighted by molar-refractivity contribution is 6.00. The molecule has 8 bridgehead atoms. The van der Waals surface area contributed by atoms with E-state index in [9.17, 15) is 9.59 Å². The van der Waals surface area contributed by atoms with Crippen molar-refractivity contribution in [2.24, 2.45) is 11.8 Å². The molecule has 0 spiro atoms. The SMILES string of the molecule is CCC12CCCC3CC(C3)c3ccc4c(c3)[C@H](CC(C)(C)O4)NC(=O)c3ccc4c(c3)[C@@H]([C@H](COC)CO4)N(C(=N)N1)C(=O)C2. The monoisotopic (exact) mass is 614 g/mol. The summed E-state index contributed by atoms with van der Waals surface area (Å²) in [5.74, 6) is 2.28. The first-order chi connectivity index (χ1) is 21.6. The predicted octanol–water partition coefficient (Wildman–Crippen LogP) is 6.00. The Morgan fingerprint density at radius 3 is 2.64 bits per heavy atom. The summed E-state index contributed by atoms with van der Waals surface area (Å²) in [5.41, 5.74) is 2.71. The van der Waals surface area contributed by atoms with E-state index in [1.807, 2.05) is 12.1 Å². The van der Waals surface area contributed by atoms with Crippen LogP contribution in [0.1, 0.15) is 117 Å². The average molecular weight is 615 g/mol. The first-order valence-corrected chi connectivity index (χ1v) is 16.7. The van der Waals surface area contributed by atoms with Crippen LogP contribution in [0, 0.1) is 17.2 Å². The number of hydrogen-bond acceptors (Lipinski definition) is 6. The van der Waals surface area contributed by atoms with Gasteiger partial charge in [0.15, 0.2) is 5.96 Å². The minimum atomic E-state index is -0.494. The van der Waals surface area contributed by atoms with Crippen LogP contribution in [0.4, 0.5) is 0 Å². The molecule has 1 saturated heterocycles. The lowest BCUT2D eigenvalue weighted by molar-refractivity contribution is -0.135. The Hall–Kier alpha value is -3.59. The molecule has 2 amide bonds. The summed E-state index contributed by atoms with van der Waals surface area (Å²) in [4.78, 5) is 29.6. The fourth-order valence-electron chi connectivity index (χ4n) is 8.46. The van der Waals surface area contributed by atoms with Gasteiger partial charge in [-0.05, 0) is 87.3 Å². The molecule has 0 aromatic heterocycles. The summed E-state index contributed by atoms with van der Waals surface area (Å²) in [6, 6.07) is 11.3. The first kappa shape index (κ1) is 30.1. The van der Waals surface area contributed by atoms with Gasteiger partial charge in [-0.3, -0.25) is 19.9 Å². The van der Waals surface area contributed by atoms with Crippen molar-refractivity contribution in [2.45, 2.75) is 101 Å². The van der Waals surface area contributed by atoms with Crippen LogP contribution in [0.15, 0.2) is 36.4 Å². The smallest absolute Gasteiger partial charge is 0.251 e. The van der Waals surface area contributed by atoms with Crippen LogP contribution in [-0.4, -0.2) is 54.1 Å². The summed E-state index contributed by atoms with van der Waals surface area (Å²) in [6.07, 6.45) is 7.06. The van der Waals surface area contributed by atoms with Gasteiger partial charge >= 0.3 is 0 Å². The van der Waals surface area contributed by atoms with Gasteiger partial charge in [0.05, 0.1) is 31.7 Å². The molecular formula is C36H46N4O5. The Morgan fingerprint density at radius 2 is 1.89 bits per heavy atom. The number of benzene rings is 2. The van der Waals surface area contributed by atoms with Crippen molar-refractivity contribution >= 4 is 17.8 Å². The highest BCUT2D eigenvalue weighted by Gasteiger charge is 2.47. The van der Waals surface area contributed by atoms with Crippen molar-refractivity contribution in [3.05, 3.63) is 58.7 Å². The number of guanidine groups is 1. The van der Waals surface area contributed by atoms with Crippen molar-refractivity contribution in [3.63, 3.8) is 0 Å². The van der Waals surface area contributed by atoms with Gasteiger partial charge in [-0.15, -0.1) is 0 Å². The third kappa shape index (κ3) is 5.47. The molecule has 1 aliphatic carbocycles. The predicted molar refractivity (Wildman–Crippen MR) is 171 cm³/mol. The molecule has 6 heterocycles. The van der Waals surface area contributed by atoms with Gasteiger partial charge < -0.3 is 24.8 Å². The number of ether oxygens (including phenoxy) is 3. The maximum absolute atomic E-state index is 14.1. The lowest BCUT2D eigenvalue weighted by Gasteiger charge is -2.48. The van der Waals surface area contributed by atoms with Gasteiger partial charge in [-0.25, -0.2) is 0 Å². The molecule has 1 saturated carbocycles. The van der Waals surface area contributed by atoms with Crippen LogP contribution in [0.3, 0.4) is 0 Å². The standard InChI is InChI=1S/C36H46N4O5/c1-5-36-12-6-7-21-13-24(14-21)22-8-11-30-26(15-22)28(17-35(2,3)45-30)38-33(42)23-9-10-29-27(16-23)32(25(19-43-4)20-44-29)40(31(41)18-36)34(37)39-36/h8-11,15-16,21,24-25,28,32H,5-7,12-14,17-20H2,1-4H3,(H2,37,39)(H,38,42)/t21?,24?,25-,28+,32-,36?/m1/s1. The van der Waals surface area contributed by atoms with Crippen molar-refractivity contribution in [1.29, 1.82) is 5.41 Å². The lowest BCUT2D eigenvalue weighted by atomic mass is 9.68. The zero-order valence-corrected chi connectivity index (χ0v) is 26.9. The second kappa shape index (κ2) is 11.3. The molecule has 2 aromatic carbocycles. The first-order valence-electron chi connectivity index (χ1n) is 16.7. The van der Waals surface area contributed by atoms with Crippen molar-refractivity contribution in [1.82, 2.24) is 15.5 Å². The maximum Gasteiger partial charge on any atom is 0.251 e. The van der Waals surface area contributed by atoms with E-state index in [1.165, 1.54) is 5.56 Å². The highest BCUT2D eigenvalue weighted by atomic mass is 16.5. The molecule has 9 rings (SSSR count). The van der Waals surface area contributed by atoms with E-state index < -0.39 is 17.2 Å². The summed E-state index contributed by atoms with van der Waals surface area (Å²) < 4.78 is 18.1. The van der Waals surface area contributed by atoms with Crippen LogP contribution in [0.5, 0.6) is 11.5 Å². The number of methoxy groups -OCH3 is 1. The fraction of sp³-hybridized carbons (Fsp3) is 0.583. The van der Waals surface area contributed by atoms with E-state index in [2.05, 4.69) is 49.6 Å². The molecular weight excluding hydrogens is 568 g/mol. The zero-order valence-electron chi connectivity index (χ0n) is 26.9. The number of amides is 2. The molecule has 45 heavy (non-hydrogen) atoms.